The predicted octanol–water partition coefficient (Wildman–Crippen LogP) is 1.77. The van der Waals surface area contributed by atoms with Gasteiger partial charge >= 0.3 is 6.03 Å². The van der Waals surface area contributed by atoms with Crippen LogP contribution < -0.4 is 14.8 Å². The number of allylic oxidation sites excluding steroid dienone is 1. The smallest absolute Gasteiger partial charge is 0.325 e. The maximum Gasteiger partial charge on any atom is 0.325 e. The molecule has 1 saturated carbocycles. The zero-order chi connectivity index (χ0) is 24.4. The van der Waals surface area contributed by atoms with Crippen molar-refractivity contribution in [3.05, 3.63) is 41.7 Å². The number of nitrogens with one attached hydrogen (secondary N) is 2. The summed E-state index contributed by atoms with van der Waals surface area (Å²) in [6.45, 7) is 4.80. The number of benzene rings is 1. The number of carbonyl (C=O) groups excluding carboxylic acids is 2. The number of urea groups is 1. The molecule has 3 N–H and O–H groups in total. The van der Waals surface area contributed by atoms with E-state index >= 15 is 0 Å². The molecule has 2 aliphatic rings. The Bertz CT molecular complexity index is 1050. The molecule has 1 aromatic carbocycles. The number of nitrogens with zero attached hydrogens (tertiary/aromatic N) is 1. The Kier molecular flexibility index (Phi) is 7.15. The number of imide groups is 1. The van der Waals surface area contributed by atoms with Crippen molar-refractivity contribution in [2.75, 3.05) is 18.9 Å². The van der Waals surface area contributed by atoms with Crippen molar-refractivity contribution >= 4 is 22.0 Å². The molecule has 1 aliphatic carbocycles. The fraction of sp³-hybridized carbons (Fsp3) is 0.545. The molecule has 1 unspecified atom stereocenters. The number of hydrogen-bond donors (Lipinski definition) is 3. The number of hydrogen-bond acceptors (Lipinski definition) is 6. The first kappa shape index (κ1) is 25.1. The minimum atomic E-state index is -3.64. The molecule has 9 nitrogen and oxygen atoms in total. The van der Waals surface area contributed by atoms with E-state index < -0.39 is 39.1 Å². The highest BCUT2D eigenvalue weighted by Gasteiger charge is 2.47. The summed E-state index contributed by atoms with van der Waals surface area (Å²) in [7, 11) is -3.64. The van der Waals surface area contributed by atoms with Gasteiger partial charge in [0, 0.05) is 6.54 Å². The van der Waals surface area contributed by atoms with Gasteiger partial charge in [0.1, 0.15) is 12.6 Å². The van der Waals surface area contributed by atoms with Gasteiger partial charge < -0.3 is 14.7 Å². The molecule has 33 heavy (non-hydrogen) atoms. The third-order valence-electron chi connectivity index (χ3n) is 5.53. The molecule has 1 atom stereocenters. The lowest BCUT2D eigenvalue weighted by molar-refractivity contribution is -0.120. The van der Waals surface area contributed by atoms with Crippen molar-refractivity contribution in [3.63, 3.8) is 0 Å². The fourth-order valence-corrected chi connectivity index (χ4v) is 4.92. The molecule has 1 aliphatic heterocycles. The number of amides is 3. The third kappa shape index (κ3) is 6.52. The van der Waals surface area contributed by atoms with E-state index in [9.17, 15) is 27.5 Å². The van der Waals surface area contributed by atoms with Crippen molar-refractivity contribution in [1.29, 1.82) is 0 Å². The normalized spacial score (nSPS) is 20.4. The van der Waals surface area contributed by atoms with Crippen LogP contribution in [-0.4, -0.2) is 60.9 Å². The van der Waals surface area contributed by atoms with E-state index in [1.807, 2.05) is 0 Å². The summed E-state index contributed by atoms with van der Waals surface area (Å²) < 4.78 is 47.5. The number of rotatable bonds is 11. The van der Waals surface area contributed by atoms with Gasteiger partial charge in [0.2, 0.25) is 10.0 Å². The average Bonchev–Trinajstić information content (AvgIpc) is 3.43. The molecule has 182 valence electrons. The lowest BCUT2D eigenvalue weighted by Crippen LogP contribution is -2.36. The maximum absolute atomic E-state index is 14.1. The standard InChI is InChI=1S/C22H30FN3O6S/c1-15-19(27)24-20(28)26(15)11-5-4-6-12-33(30,31)25-22(9-10-22)16-7-8-17(23)18(13-16)32-14-21(2,3)29/h4-5,7-8,13,15,25,29H,6,9-12,14H2,1-3H3,(H,24,27,28)/b5-4+. The van der Waals surface area contributed by atoms with Crippen molar-refractivity contribution in [2.24, 2.45) is 0 Å². The van der Waals surface area contributed by atoms with Crippen LogP contribution in [0.2, 0.25) is 0 Å². The van der Waals surface area contributed by atoms with Crippen LogP contribution >= 0.6 is 0 Å². The number of ether oxygens (including phenoxy) is 1. The van der Waals surface area contributed by atoms with E-state index in [2.05, 4.69) is 10.0 Å². The second kappa shape index (κ2) is 9.40. The van der Waals surface area contributed by atoms with Crippen molar-refractivity contribution in [3.8, 4) is 5.75 Å². The minimum Gasteiger partial charge on any atom is -0.488 e. The van der Waals surface area contributed by atoms with E-state index in [-0.39, 0.29) is 37.0 Å². The van der Waals surface area contributed by atoms with Gasteiger partial charge in [-0.15, -0.1) is 0 Å². The Morgan fingerprint density at radius 1 is 1.33 bits per heavy atom. The first-order valence-electron chi connectivity index (χ1n) is 10.8. The van der Waals surface area contributed by atoms with Crippen molar-refractivity contribution in [2.45, 2.75) is 57.2 Å². The molecular weight excluding hydrogens is 453 g/mol. The molecule has 0 spiro atoms. The highest BCUT2D eigenvalue weighted by Crippen LogP contribution is 2.47. The summed E-state index contributed by atoms with van der Waals surface area (Å²) >= 11 is 0. The Labute approximate surface area is 193 Å². The van der Waals surface area contributed by atoms with Gasteiger partial charge in [-0.2, -0.15) is 0 Å². The van der Waals surface area contributed by atoms with Crippen molar-refractivity contribution < 1.29 is 32.2 Å². The van der Waals surface area contributed by atoms with Gasteiger partial charge in [0.15, 0.2) is 11.6 Å². The zero-order valence-electron chi connectivity index (χ0n) is 18.9. The fourth-order valence-electron chi connectivity index (χ4n) is 3.46. The van der Waals surface area contributed by atoms with Crippen LogP contribution in [0.1, 0.15) is 45.6 Å². The van der Waals surface area contributed by atoms with Crippen LogP contribution in [0.15, 0.2) is 30.4 Å². The van der Waals surface area contributed by atoms with Gasteiger partial charge in [-0.05, 0) is 57.7 Å². The Balaban J connectivity index is 1.56. The molecule has 0 radical (unpaired) electrons. The second-order valence-electron chi connectivity index (χ2n) is 9.13. The monoisotopic (exact) mass is 483 g/mol. The highest BCUT2D eigenvalue weighted by atomic mass is 32.2. The highest BCUT2D eigenvalue weighted by molar-refractivity contribution is 7.89. The van der Waals surface area contributed by atoms with E-state index in [0.29, 0.717) is 18.4 Å². The van der Waals surface area contributed by atoms with Gasteiger partial charge in [0.05, 0.1) is 16.9 Å². The van der Waals surface area contributed by atoms with Crippen LogP contribution in [-0.2, 0) is 20.4 Å². The van der Waals surface area contributed by atoms with E-state index in [1.165, 1.54) is 23.1 Å². The van der Waals surface area contributed by atoms with Crippen LogP contribution in [0, 0.1) is 5.82 Å². The minimum absolute atomic E-state index is 0.0401. The molecule has 2 fully saturated rings. The number of halogens is 1. The van der Waals surface area contributed by atoms with Gasteiger partial charge in [0.25, 0.3) is 5.91 Å². The van der Waals surface area contributed by atoms with Crippen LogP contribution in [0.25, 0.3) is 0 Å². The summed E-state index contributed by atoms with van der Waals surface area (Å²) in [5.41, 5.74) is -1.33. The quantitative estimate of drug-likeness (QED) is 0.325. The maximum atomic E-state index is 14.1. The topological polar surface area (TPSA) is 125 Å². The van der Waals surface area contributed by atoms with E-state index in [1.54, 1.807) is 32.9 Å². The third-order valence-corrected chi connectivity index (χ3v) is 7.00. The summed E-state index contributed by atoms with van der Waals surface area (Å²) in [5, 5.41) is 12.0. The molecule has 0 bridgehead atoms. The molecule has 1 heterocycles. The first-order valence-corrected chi connectivity index (χ1v) is 12.4. The van der Waals surface area contributed by atoms with Crippen LogP contribution in [0.4, 0.5) is 9.18 Å². The summed E-state index contributed by atoms with van der Waals surface area (Å²) in [5.74, 6) is -1.14. The van der Waals surface area contributed by atoms with Gasteiger partial charge in [-0.3, -0.25) is 10.1 Å². The Morgan fingerprint density at radius 3 is 2.61 bits per heavy atom. The summed E-state index contributed by atoms with van der Waals surface area (Å²) in [6.07, 6.45) is 4.70. The molecule has 11 heteroatoms. The van der Waals surface area contributed by atoms with E-state index in [0.717, 1.165) is 0 Å². The molecule has 1 saturated heterocycles. The molecule has 1 aromatic rings. The lowest BCUT2D eigenvalue weighted by Gasteiger charge is -2.21. The predicted molar refractivity (Wildman–Crippen MR) is 119 cm³/mol. The second-order valence-corrected chi connectivity index (χ2v) is 11.0. The molecule has 3 rings (SSSR count). The lowest BCUT2D eigenvalue weighted by atomic mass is 10.1. The largest absolute Gasteiger partial charge is 0.488 e. The first-order chi connectivity index (χ1) is 15.3. The van der Waals surface area contributed by atoms with E-state index in [4.69, 9.17) is 4.74 Å². The van der Waals surface area contributed by atoms with Crippen molar-refractivity contribution in [1.82, 2.24) is 14.9 Å². The number of carbonyl (C=O) groups is 2. The van der Waals surface area contributed by atoms with Gasteiger partial charge in [-0.25, -0.2) is 22.3 Å². The Hall–Kier alpha value is -2.50. The molecule has 3 amide bonds. The summed E-state index contributed by atoms with van der Waals surface area (Å²) in [6, 6.07) is 3.21. The van der Waals surface area contributed by atoms with Gasteiger partial charge in [-0.1, -0.05) is 18.2 Å². The number of sulfonamides is 1. The van der Waals surface area contributed by atoms with Crippen LogP contribution in [0.3, 0.4) is 0 Å². The SMILES string of the molecule is CC1C(=O)NC(=O)N1C/C=C/CCS(=O)(=O)NC1(c2ccc(F)c(OCC(C)(C)O)c2)CC1. The Morgan fingerprint density at radius 2 is 2.03 bits per heavy atom. The average molecular weight is 484 g/mol. The summed E-state index contributed by atoms with van der Waals surface area (Å²) in [4.78, 5) is 24.5. The van der Waals surface area contributed by atoms with Crippen LogP contribution in [0.5, 0.6) is 5.75 Å². The zero-order valence-corrected chi connectivity index (χ0v) is 19.7. The number of aliphatic hydroxyl groups is 1. The molecule has 0 aromatic heterocycles. The molecular formula is C22H30FN3O6S.